The largest absolute Gasteiger partial charge is 0.335 e. The predicted octanol–water partition coefficient (Wildman–Crippen LogP) is 0.824. The number of likely N-dealkylation sites (N-methyl/N-ethyl adjacent to an activating group) is 1. The second kappa shape index (κ2) is 9.42. The molecule has 1 aromatic rings. The lowest BCUT2D eigenvalue weighted by atomic mass is 10.1. The summed E-state index contributed by atoms with van der Waals surface area (Å²) in [7, 11) is 0. The Morgan fingerprint density at radius 1 is 1.22 bits per heavy atom. The standard InChI is InChI=1S/C14H24N6O.2ClH/c1-2-18-7-9-19(10-8-18)14(21)13-11-20(17-16-13)12-3-5-15-6-4-12;;/h11-12,15H,2-10H2,1H3;2*1H. The number of piperazine rings is 1. The highest BCUT2D eigenvalue weighted by Gasteiger charge is 2.24. The normalized spacial score (nSPS) is 19.8. The van der Waals surface area contributed by atoms with Gasteiger partial charge in [0.2, 0.25) is 0 Å². The van der Waals surface area contributed by atoms with Crippen LogP contribution in [0.1, 0.15) is 36.3 Å². The average molecular weight is 365 g/mol. The van der Waals surface area contributed by atoms with Gasteiger partial charge in [-0.15, -0.1) is 29.9 Å². The van der Waals surface area contributed by atoms with Gasteiger partial charge in [0.05, 0.1) is 12.2 Å². The van der Waals surface area contributed by atoms with E-state index < -0.39 is 0 Å². The van der Waals surface area contributed by atoms with E-state index in [0.29, 0.717) is 11.7 Å². The highest BCUT2D eigenvalue weighted by Crippen LogP contribution is 2.17. The summed E-state index contributed by atoms with van der Waals surface area (Å²) in [5, 5.41) is 11.6. The van der Waals surface area contributed by atoms with Gasteiger partial charge in [0.1, 0.15) is 0 Å². The number of nitrogens with one attached hydrogen (secondary N) is 1. The zero-order chi connectivity index (χ0) is 14.7. The molecule has 1 amide bonds. The van der Waals surface area contributed by atoms with Crippen LogP contribution in [0, 0.1) is 0 Å². The molecule has 23 heavy (non-hydrogen) atoms. The van der Waals surface area contributed by atoms with E-state index in [1.165, 1.54) is 0 Å². The van der Waals surface area contributed by atoms with Crippen molar-refractivity contribution in [3.05, 3.63) is 11.9 Å². The van der Waals surface area contributed by atoms with Gasteiger partial charge in [-0.2, -0.15) is 0 Å². The summed E-state index contributed by atoms with van der Waals surface area (Å²) in [6.07, 6.45) is 3.92. The van der Waals surface area contributed by atoms with Crippen molar-refractivity contribution < 1.29 is 4.79 Å². The van der Waals surface area contributed by atoms with Gasteiger partial charge in [-0.25, -0.2) is 4.68 Å². The van der Waals surface area contributed by atoms with E-state index in [1.807, 2.05) is 15.8 Å². The summed E-state index contributed by atoms with van der Waals surface area (Å²) < 4.78 is 1.87. The molecule has 1 aromatic heterocycles. The fraction of sp³-hybridized carbons (Fsp3) is 0.786. The summed E-state index contributed by atoms with van der Waals surface area (Å²) in [4.78, 5) is 16.7. The Bertz CT molecular complexity index is 483. The third-order valence-corrected chi connectivity index (χ3v) is 4.52. The minimum absolute atomic E-state index is 0. The molecule has 0 radical (unpaired) electrons. The molecule has 7 nitrogen and oxygen atoms in total. The number of rotatable bonds is 3. The molecule has 2 saturated heterocycles. The molecular formula is C14H26Cl2N6O. The fourth-order valence-electron chi connectivity index (χ4n) is 3.05. The molecule has 0 aliphatic carbocycles. The number of halogens is 2. The first-order valence-electron chi connectivity index (χ1n) is 7.92. The lowest BCUT2D eigenvalue weighted by molar-refractivity contribution is 0.0637. The molecule has 3 rings (SSSR count). The summed E-state index contributed by atoms with van der Waals surface area (Å²) in [6.45, 7) is 8.69. The van der Waals surface area contributed by atoms with Gasteiger partial charge >= 0.3 is 0 Å². The van der Waals surface area contributed by atoms with E-state index in [0.717, 1.165) is 58.7 Å². The van der Waals surface area contributed by atoms with Gasteiger partial charge in [0, 0.05) is 26.2 Å². The van der Waals surface area contributed by atoms with Crippen molar-refractivity contribution >= 4 is 30.7 Å². The molecule has 3 heterocycles. The zero-order valence-corrected chi connectivity index (χ0v) is 15.1. The molecule has 0 atom stereocenters. The van der Waals surface area contributed by atoms with Crippen LogP contribution >= 0.6 is 24.8 Å². The Morgan fingerprint density at radius 2 is 1.87 bits per heavy atom. The molecule has 0 saturated carbocycles. The van der Waals surface area contributed by atoms with E-state index >= 15 is 0 Å². The number of amides is 1. The first-order valence-corrected chi connectivity index (χ1v) is 7.92. The predicted molar refractivity (Wildman–Crippen MR) is 93.7 cm³/mol. The topological polar surface area (TPSA) is 66.3 Å². The van der Waals surface area contributed by atoms with Crippen LogP contribution in [0.25, 0.3) is 0 Å². The maximum Gasteiger partial charge on any atom is 0.276 e. The maximum absolute atomic E-state index is 12.5. The third kappa shape index (κ3) is 4.79. The Hall–Kier alpha value is -0.890. The molecule has 1 N–H and O–H groups in total. The Labute approximate surface area is 149 Å². The lowest BCUT2D eigenvalue weighted by Crippen LogP contribution is -2.48. The van der Waals surface area contributed by atoms with Gasteiger partial charge in [0.25, 0.3) is 5.91 Å². The van der Waals surface area contributed by atoms with Crippen LogP contribution in [0.5, 0.6) is 0 Å². The van der Waals surface area contributed by atoms with E-state index in [2.05, 4.69) is 27.5 Å². The van der Waals surface area contributed by atoms with Crippen molar-refractivity contribution in [2.45, 2.75) is 25.8 Å². The van der Waals surface area contributed by atoms with Crippen molar-refractivity contribution in [1.29, 1.82) is 0 Å². The van der Waals surface area contributed by atoms with Crippen LogP contribution in [0.4, 0.5) is 0 Å². The van der Waals surface area contributed by atoms with Crippen LogP contribution in [-0.4, -0.2) is 76.5 Å². The lowest BCUT2D eigenvalue weighted by Gasteiger charge is -2.33. The van der Waals surface area contributed by atoms with Gasteiger partial charge < -0.3 is 15.1 Å². The minimum atomic E-state index is 0. The van der Waals surface area contributed by atoms with Crippen molar-refractivity contribution in [2.75, 3.05) is 45.8 Å². The van der Waals surface area contributed by atoms with Crippen LogP contribution < -0.4 is 5.32 Å². The molecule has 2 aliphatic heterocycles. The Morgan fingerprint density at radius 3 is 2.48 bits per heavy atom. The first-order chi connectivity index (χ1) is 10.3. The molecule has 0 unspecified atom stereocenters. The Balaban J connectivity index is 0.00000132. The van der Waals surface area contributed by atoms with Crippen LogP contribution in [0.15, 0.2) is 6.20 Å². The number of nitrogens with zero attached hydrogens (tertiary/aromatic N) is 5. The van der Waals surface area contributed by atoms with E-state index in [1.54, 1.807) is 0 Å². The van der Waals surface area contributed by atoms with Crippen LogP contribution in [-0.2, 0) is 0 Å². The number of carbonyl (C=O) groups is 1. The Kier molecular flexibility index (Phi) is 8.25. The first kappa shape index (κ1) is 20.2. The summed E-state index contributed by atoms with van der Waals surface area (Å²) >= 11 is 0. The van der Waals surface area contributed by atoms with Crippen LogP contribution in [0.2, 0.25) is 0 Å². The summed E-state index contributed by atoms with van der Waals surface area (Å²) in [5.41, 5.74) is 0.485. The van der Waals surface area contributed by atoms with Gasteiger partial charge in [-0.1, -0.05) is 12.1 Å². The molecular weight excluding hydrogens is 339 g/mol. The maximum atomic E-state index is 12.5. The van der Waals surface area contributed by atoms with Gasteiger partial charge in [0.15, 0.2) is 5.69 Å². The third-order valence-electron chi connectivity index (χ3n) is 4.52. The minimum Gasteiger partial charge on any atom is -0.335 e. The highest BCUT2D eigenvalue weighted by atomic mass is 35.5. The van der Waals surface area contributed by atoms with E-state index in [4.69, 9.17) is 0 Å². The molecule has 9 heteroatoms. The number of hydrogen-bond donors (Lipinski definition) is 1. The number of hydrogen-bond acceptors (Lipinski definition) is 5. The highest BCUT2D eigenvalue weighted by molar-refractivity contribution is 5.92. The van der Waals surface area contributed by atoms with Crippen molar-refractivity contribution in [1.82, 2.24) is 30.1 Å². The zero-order valence-electron chi connectivity index (χ0n) is 13.5. The quantitative estimate of drug-likeness (QED) is 0.859. The summed E-state index contributed by atoms with van der Waals surface area (Å²) in [6, 6.07) is 0.372. The molecule has 0 aromatic carbocycles. The summed E-state index contributed by atoms with van der Waals surface area (Å²) in [5.74, 6) is 0.0194. The van der Waals surface area contributed by atoms with E-state index in [-0.39, 0.29) is 30.7 Å². The molecule has 0 bridgehead atoms. The van der Waals surface area contributed by atoms with Crippen molar-refractivity contribution in [2.24, 2.45) is 0 Å². The SMILES string of the molecule is CCN1CCN(C(=O)c2cn(C3CCNCC3)nn2)CC1.Cl.Cl. The number of piperidine rings is 1. The molecule has 0 spiro atoms. The van der Waals surface area contributed by atoms with Crippen LogP contribution in [0.3, 0.4) is 0 Å². The van der Waals surface area contributed by atoms with Crippen molar-refractivity contribution in [3.63, 3.8) is 0 Å². The molecule has 132 valence electrons. The average Bonchev–Trinajstić information content (AvgIpc) is 3.05. The number of aromatic nitrogens is 3. The van der Waals surface area contributed by atoms with Gasteiger partial charge in [-0.05, 0) is 32.5 Å². The van der Waals surface area contributed by atoms with Crippen molar-refractivity contribution in [3.8, 4) is 0 Å². The fourth-order valence-corrected chi connectivity index (χ4v) is 3.05. The van der Waals surface area contributed by atoms with Gasteiger partial charge in [-0.3, -0.25) is 4.79 Å². The monoisotopic (exact) mass is 364 g/mol. The number of carbonyl (C=O) groups excluding carboxylic acids is 1. The molecule has 2 aliphatic rings. The van der Waals surface area contributed by atoms with E-state index in [9.17, 15) is 4.79 Å². The second-order valence-electron chi connectivity index (χ2n) is 5.79. The smallest absolute Gasteiger partial charge is 0.276 e. The second-order valence-corrected chi connectivity index (χ2v) is 5.79. The molecule has 2 fully saturated rings.